The zero-order chi connectivity index (χ0) is 20.2. The van der Waals surface area contributed by atoms with Crippen molar-refractivity contribution in [2.45, 2.75) is 44.7 Å². The van der Waals surface area contributed by atoms with Gasteiger partial charge in [-0.1, -0.05) is 16.8 Å². The summed E-state index contributed by atoms with van der Waals surface area (Å²) in [5, 5.41) is 11.6. The van der Waals surface area contributed by atoms with Gasteiger partial charge in [0.2, 0.25) is 5.91 Å². The first-order valence-electron chi connectivity index (χ1n) is 9.99. The van der Waals surface area contributed by atoms with E-state index in [-0.39, 0.29) is 17.9 Å². The molecule has 0 radical (unpaired) electrons. The van der Waals surface area contributed by atoms with Gasteiger partial charge in [-0.2, -0.15) is 0 Å². The van der Waals surface area contributed by atoms with Crippen molar-refractivity contribution in [1.82, 2.24) is 25.2 Å². The lowest BCUT2D eigenvalue weighted by Crippen LogP contribution is -2.49. The van der Waals surface area contributed by atoms with Gasteiger partial charge in [-0.25, -0.2) is 4.68 Å². The standard InChI is InChI=1S/C20H24ClN5O3/c21-14-4-6-18-17(11-14)20(28)26-8-2-1-3-16(26)12-22-19(27)7-5-15-13-25(24-23-15)9-10-29-18/h4,6,11,13,16H,1-3,5,7-10,12H2,(H,22,27). The molecule has 3 heterocycles. The average molecular weight is 418 g/mol. The number of aryl methyl sites for hydroxylation is 1. The van der Waals surface area contributed by atoms with E-state index in [9.17, 15) is 9.59 Å². The molecule has 2 aliphatic rings. The van der Waals surface area contributed by atoms with Gasteiger partial charge in [-0.05, 0) is 37.5 Å². The quantitative estimate of drug-likeness (QED) is 0.708. The molecule has 29 heavy (non-hydrogen) atoms. The van der Waals surface area contributed by atoms with E-state index in [0.717, 1.165) is 25.0 Å². The number of rotatable bonds is 0. The molecule has 1 fully saturated rings. The lowest BCUT2D eigenvalue weighted by molar-refractivity contribution is -0.121. The van der Waals surface area contributed by atoms with Crippen molar-refractivity contribution in [1.29, 1.82) is 0 Å². The number of ether oxygens (including phenoxy) is 1. The van der Waals surface area contributed by atoms with Crippen molar-refractivity contribution in [2.24, 2.45) is 0 Å². The number of aromatic nitrogens is 3. The molecule has 1 saturated heterocycles. The van der Waals surface area contributed by atoms with Crippen LogP contribution in [0.2, 0.25) is 5.02 Å². The molecule has 0 aliphatic carbocycles. The number of carbonyl (C=O) groups is 2. The number of nitrogens with one attached hydrogen (secondary N) is 1. The third-order valence-electron chi connectivity index (χ3n) is 5.37. The first kappa shape index (κ1) is 19.7. The Labute approximate surface area is 174 Å². The highest BCUT2D eigenvalue weighted by molar-refractivity contribution is 6.31. The number of halogens is 1. The number of benzene rings is 1. The summed E-state index contributed by atoms with van der Waals surface area (Å²) >= 11 is 6.17. The Hall–Kier alpha value is -2.61. The molecule has 0 saturated carbocycles. The maximum absolute atomic E-state index is 13.3. The minimum Gasteiger partial charge on any atom is -0.491 e. The number of hydrogen-bond donors (Lipinski definition) is 1. The summed E-state index contributed by atoms with van der Waals surface area (Å²) in [4.78, 5) is 27.5. The molecule has 4 rings (SSSR count). The Balaban J connectivity index is 1.63. The van der Waals surface area contributed by atoms with Crippen molar-refractivity contribution in [2.75, 3.05) is 19.7 Å². The summed E-state index contributed by atoms with van der Waals surface area (Å²) in [5.41, 5.74) is 1.22. The number of carbonyl (C=O) groups excluding carboxylic acids is 2. The minimum absolute atomic E-state index is 0.0409. The van der Waals surface area contributed by atoms with Gasteiger partial charge in [0.15, 0.2) is 0 Å². The van der Waals surface area contributed by atoms with E-state index < -0.39 is 0 Å². The molecule has 1 aromatic carbocycles. The summed E-state index contributed by atoms with van der Waals surface area (Å²) in [7, 11) is 0. The van der Waals surface area contributed by atoms with Gasteiger partial charge in [0.05, 0.1) is 17.8 Å². The smallest absolute Gasteiger partial charge is 0.257 e. The Morgan fingerprint density at radius 3 is 2.97 bits per heavy atom. The number of fused-ring (bicyclic) bond motifs is 4. The summed E-state index contributed by atoms with van der Waals surface area (Å²) < 4.78 is 7.59. The third kappa shape index (κ3) is 4.70. The Morgan fingerprint density at radius 1 is 1.17 bits per heavy atom. The molecule has 2 bridgehead atoms. The zero-order valence-electron chi connectivity index (χ0n) is 16.1. The van der Waals surface area contributed by atoms with Crippen molar-refractivity contribution in [3.05, 3.63) is 40.7 Å². The molecule has 2 aliphatic heterocycles. The van der Waals surface area contributed by atoms with E-state index in [0.29, 0.717) is 55.4 Å². The van der Waals surface area contributed by atoms with Crippen LogP contribution in [-0.2, 0) is 17.8 Å². The Kier molecular flexibility index (Phi) is 5.99. The SMILES string of the molecule is O=C1CCc2cn(nn2)CCOc2ccc(Cl)cc2C(=O)N2CCCCC2CN1. The maximum Gasteiger partial charge on any atom is 0.257 e. The monoisotopic (exact) mass is 417 g/mol. The van der Waals surface area contributed by atoms with Crippen molar-refractivity contribution in [3.63, 3.8) is 0 Å². The van der Waals surface area contributed by atoms with E-state index >= 15 is 0 Å². The summed E-state index contributed by atoms with van der Waals surface area (Å²) in [6, 6.07) is 5.06. The molecule has 1 unspecified atom stereocenters. The van der Waals surface area contributed by atoms with Crippen LogP contribution >= 0.6 is 11.6 Å². The molecule has 154 valence electrons. The van der Waals surface area contributed by atoms with Crippen LogP contribution < -0.4 is 10.1 Å². The second-order valence-corrected chi connectivity index (χ2v) is 7.85. The molecule has 2 amide bonds. The van der Waals surface area contributed by atoms with Crippen LogP contribution in [0.1, 0.15) is 41.7 Å². The van der Waals surface area contributed by atoms with E-state index in [4.69, 9.17) is 16.3 Å². The topological polar surface area (TPSA) is 89.4 Å². The van der Waals surface area contributed by atoms with Gasteiger partial charge in [-0.15, -0.1) is 5.10 Å². The normalized spacial score (nSPS) is 21.0. The van der Waals surface area contributed by atoms with Crippen molar-refractivity contribution in [3.8, 4) is 5.75 Å². The van der Waals surface area contributed by atoms with E-state index in [1.807, 2.05) is 11.1 Å². The molecule has 0 spiro atoms. The van der Waals surface area contributed by atoms with Crippen LogP contribution in [-0.4, -0.2) is 57.4 Å². The largest absolute Gasteiger partial charge is 0.491 e. The van der Waals surface area contributed by atoms with Crippen LogP contribution in [0.15, 0.2) is 24.4 Å². The van der Waals surface area contributed by atoms with Crippen LogP contribution in [0.5, 0.6) is 5.75 Å². The maximum atomic E-state index is 13.3. The average Bonchev–Trinajstić information content (AvgIpc) is 3.18. The fourth-order valence-corrected chi connectivity index (χ4v) is 3.98. The molecule has 1 atom stereocenters. The van der Waals surface area contributed by atoms with E-state index in [1.54, 1.807) is 22.9 Å². The highest BCUT2D eigenvalue weighted by Gasteiger charge is 2.29. The highest BCUT2D eigenvalue weighted by Crippen LogP contribution is 2.27. The van der Waals surface area contributed by atoms with E-state index in [2.05, 4.69) is 15.6 Å². The number of piperidine rings is 1. The first-order chi connectivity index (χ1) is 14.1. The van der Waals surface area contributed by atoms with Gasteiger partial charge >= 0.3 is 0 Å². The summed E-state index contributed by atoms with van der Waals surface area (Å²) in [6.07, 6.45) is 5.53. The lowest BCUT2D eigenvalue weighted by atomic mass is 10.00. The lowest BCUT2D eigenvalue weighted by Gasteiger charge is -2.36. The fraction of sp³-hybridized carbons (Fsp3) is 0.500. The molecule has 1 N–H and O–H groups in total. The zero-order valence-corrected chi connectivity index (χ0v) is 16.9. The molecular formula is C20H24ClN5O3. The predicted molar refractivity (Wildman–Crippen MR) is 107 cm³/mol. The second kappa shape index (κ2) is 8.82. The van der Waals surface area contributed by atoms with Crippen LogP contribution in [0.3, 0.4) is 0 Å². The van der Waals surface area contributed by atoms with Gasteiger partial charge in [0, 0.05) is 43.2 Å². The number of nitrogens with zero attached hydrogens (tertiary/aromatic N) is 4. The third-order valence-corrected chi connectivity index (χ3v) is 5.60. The first-order valence-corrected chi connectivity index (χ1v) is 10.4. The van der Waals surface area contributed by atoms with Gasteiger partial charge < -0.3 is 15.0 Å². The Bertz CT molecular complexity index is 900. The Morgan fingerprint density at radius 2 is 2.07 bits per heavy atom. The van der Waals surface area contributed by atoms with Crippen LogP contribution in [0.25, 0.3) is 0 Å². The van der Waals surface area contributed by atoms with Gasteiger partial charge in [0.1, 0.15) is 12.4 Å². The number of amides is 2. The fourth-order valence-electron chi connectivity index (χ4n) is 3.80. The summed E-state index contributed by atoms with van der Waals surface area (Å²) in [6.45, 7) is 1.92. The molecule has 2 aromatic rings. The van der Waals surface area contributed by atoms with Crippen LogP contribution in [0, 0.1) is 0 Å². The molecule has 8 nitrogen and oxygen atoms in total. The molecular weight excluding hydrogens is 394 g/mol. The van der Waals surface area contributed by atoms with E-state index in [1.165, 1.54) is 0 Å². The minimum atomic E-state index is -0.114. The van der Waals surface area contributed by atoms with Crippen molar-refractivity contribution < 1.29 is 14.3 Å². The van der Waals surface area contributed by atoms with Gasteiger partial charge in [0.25, 0.3) is 5.91 Å². The number of hydrogen-bond acceptors (Lipinski definition) is 5. The second-order valence-electron chi connectivity index (χ2n) is 7.41. The molecule has 1 aromatic heterocycles. The predicted octanol–water partition coefficient (Wildman–Crippen LogP) is 2.07. The van der Waals surface area contributed by atoms with Gasteiger partial charge in [-0.3, -0.25) is 9.59 Å². The summed E-state index contributed by atoms with van der Waals surface area (Å²) in [5.74, 6) is 0.341. The highest BCUT2D eigenvalue weighted by atomic mass is 35.5. The van der Waals surface area contributed by atoms with Crippen molar-refractivity contribution >= 4 is 23.4 Å². The van der Waals surface area contributed by atoms with Crippen LogP contribution in [0.4, 0.5) is 0 Å². The molecule has 9 heteroatoms.